The summed E-state index contributed by atoms with van der Waals surface area (Å²) in [6, 6.07) is 8.33. The van der Waals surface area contributed by atoms with Crippen molar-refractivity contribution in [2.24, 2.45) is 11.8 Å². The molecule has 1 saturated carbocycles. The van der Waals surface area contributed by atoms with E-state index in [0.29, 0.717) is 11.4 Å². The summed E-state index contributed by atoms with van der Waals surface area (Å²) in [7, 11) is 0. The number of benzene rings is 1. The summed E-state index contributed by atoms with van der Waals surface area (Å²) in [5.74, 6) is 1.97. The summed E-state index contributed by atoms with van der Waals surface area (Å²) >= 11 is 0. The van der Waals surface area contributed by atoms with Gasteiger partial charge < -0.3 is 0 Å². The van der Waals surface area contributed by atoms with Crippen molar-refractivity contribution < 1.29 is 4.39 Å². The molecule has 0 unspecified atom stereocenters. The fraction of sp³-hybridized carbons (Fsp3) is 0.688. The van der Waals surface area contributed by atoms with Crippen molar-refractivity contribution in [3.8, 4) is 11.1 Å². The van der Waals surface area contributed by atoms with Crippen LogP contribution in [0.25, 0.3) is 11.1 Å². The van der Waals surface area contributed by atoms with Gasteiger partial charge >= 0.3 is 0 Å². The Bertz CT molecular complexity index is 824. The minimum Gasteiger partial charge on any atom is -0.241 e. The molecule has 1 aliphatic rings. The predicted molar refractivity (Wildman–Crippen MR) is 147 cm³/mol. The van der Waals surface area contributed by atoms with E-state index in [1.54, 1.807) is 6.20 Å². The van der Waals surface area contributed by atoms with E-state index < -0.39 is 0 Å². The number of halogens is 1. The van der Waals surface area contributed by atoms with Gasteiger partial charge in [-0.25, -0.2) is 9.97 Å². The van der Waals surface area contributed by atoms with E-state index in [2.05, 4.69) is 35.9 Å². The highest BCUT2D eigenvalue weighted by atomic mass is 19.1. The number of aryl methyl sites for hydroxylation is 2. The molecule has 1 aromatic heterocycles. The molecule has 3 rings (SSSR count). The Kier molecular flexibility index (Phi) is 12.8. The van der Waals surface area contributed by atoms with E-state index in [1.165, 1.54) is 102 Å². The molecular weight excluding hydrogens is 431 g/mol. The molecule has 0 saturated heterocycles. The van der Waals surface area contributed by atoms with Crippen LogP contribution in [0.2, 0.25) is 0 Å². The summed E-state index contributed by atoms with van der Waals surface area (Å²) in [5, 5.41) is 0. The molecule has 3 heteroatoms. The number of hydrogen-bond acceptors (Lipinski definition) is 2. The van der Waals surface area contributed by atoms with Gasteiger partial charge in [-0.2, -0.15) is 4.39 Å². The van der Waals surface area contributed by atoms with E-state index in [-0.39, 0.29) is 5.95 Å². The number of unbranched alkanes of at least 4 members (excludes halogenated alkanes) is 8. The van der Waals surface area contributed by atoms with Crippen molar-refractivity contribution in [3.63, 3.8) is 0 Å². The molecule has 1 aromatic carbocycles. The first-order valence-corrected chi connectivity index (χ1v) is 14.8. The quantitative estimate of drug-likeness (QED) is 0.176. The van der Waals surface area contributed by atoms with Gasteiger partial charge in [-0.1, -0.05) is 128 Å². The van der Waals surface area contributed by atoms with Gasteiger partial charge in [0, 0.05) is 12.6 Å². The molecule has 35 heavy (non-hydrogen) atoms. The third kappa shape index (κ3) is 10.0. The Morgan fingerprint density at radius 2 is 1.31 bits per heavy atom. The normalized spacial score (nSPS) is 18.1. The molecule has 0 N–H and O–H groups in total. The second kappa shape index (κ2) is 16.1. The molecule has 2 nitrogen and oxygen atoms in total. The Balaban J connectivity index is 1.39. The lowest BCUT2D eigenvalue weighted by molar-refractivity contribution is 0.249. The van der Waals surface area contributed by atoms with Crippen LogP contribution in [-0.4, -0.2) is 9.97 Å². The Morgan fingerprint density at radius 3 is 1.94 bits per heavy atom. The summed E-state index contributed by atoms with van der Waals surface area (Å²) in [5.41, 5.74) is 2.73. The van der Waals surface area contributed by atoms with Crippen LogP contribution < -0.4 is 0 Å². The lowest BCUT2D eigenvalue weighted by atomic mass is 9.78. The summed E-state index contributed by atoms with van der Waals surface area (Å²) in [6.45, 7) is 4.55. The van der Waals surface area contributed by atoms with E-state index >= 15 is 0 Å². The van der Waals surface area contributed by atoms with Crippen LogP contribution in [-0.2, 0) is 12.8 Å². The minimum atomic E-state index is -0.380. The van der Waals surface area contributed by atoms with Gasteiger partial charge in [0.25, 0.3) is 0 Å². The maximum absolute atomic E-state index is 14.8. The summed E-state index contributed by atoms with van der Waals surface area (Å²) in [6.07, 6.45) is 24.8. The smallest absolute Gasteiger partial charge is 0.224 e. The van der Waals surface area contributed by atoms with E-state index in [4.69, 9.17) is 0 Å². The average Bonchev–Trinajstić information content (AvgIpc) is 2.89. The molecule has 2 aromatic rings. The second-order valence-electron chi connectivity index (χ2n) is 11.0. The van der Waals surface area contributed by atoms with Crippen molar-refractivity contribution in [2.75, 3.05) is 0 Å². The van der Waals surface area contributed by atoms with Gasteiger partial charge in [0.15, 0.2) is 0 Å². The van der Waals surface area contributed by atoms with Crippen molar-refractivity contribution in [2.45, 2.75) is 129 Å². The topological polar surface area (TPSA) is 25.8 Å². The highest BCUT2D eigenvalue weighted by Crippen LogP contribution is 2.34. The first-order valence-electron chi connectivity index (χ1n) is 14.8. The molecular formula is C32H49FN2. The second-order valence-corrected chi connectivity index (χ2v) is 11.0. The van der Waals surface area contributed by atoms with Crippen LogP contribution in [0.3, 0.4) is 0 Å². The molecule has 1 fully saturated rings. The maximum atomic E-state index is 14.8. The third-order valence-electron chi connectivity index (χ3n) is 8.08. The fourth-order valence-corrected chi connectivity index (χ4v) is 5.66. The van der Waals surface area contributed by atoms with Crippen LogP contribution in [0, 0.1) is 17.8 Å². The Hall–Kier alpha value is -1.77. The molecule has 0 spiro atoms. The molecule has 0 radical (unpaired) electrons. The summed E-state index contributed by atoms with van der Waals surface area (Å²) < 4.78 is 14.8. The zero-order valence-electron chi connectivity index (χ0n) is 22.5. The molecule has 194 valence electrons. The van der Waals surface area contributed by atoms with Gasteiger partial charge in [-0.3, -0.25) is 0 Å². The van der Waals surface area contributed by atoms with Gasteiger partial charge in [-0.15, -0.1) is 0 Å². The number of nitrogens with zero attached hydrogens (tertiary/aromatic N) is 2. The van der Waals surface area contributed by atoms with Gasteiger partial charge in [0.1, 0.15) is 5.82 Å². The molecule has 0 atom stereocenters. The van der Waals surface area contributed by atoms with Crippen molar-refractivity contribution in [3.05, 3.63) is 47.8 Å². The number of rotatable bonds is 16. The molecule has 0 aliphatic heterocycles. The van der Waals surface area contributed by atoms with Gasteiger partial charge in [0.05, 0.1) is 5.56 Å². The Morgan fingerprint density at radius 1 is 0.714 bits per heavy atom. The average molecular weight is 481 g/mol. The zero-order chi connectivity index (χ0) is 24.7. The van der Waals surface area contributed by atoms with E-state index in [1.807, 2.05) is 12.1 Å². The molecule has 1 heterocycles. The van der Waals surface area contributed by atoms with Crippen LogP contribution in [0.4, 0.5) is 4.39 Å². The minimum absolute atomic E-state index is 0.380. The van der Waals surface area contributed by atoms with Crippen LogP contribution in [0.5, 0.6) is 0 Å². The monoisotopic (exact) mass is 480 g/mol. The van der Waals surface area contributed by atoms with E-state index in [9.17, 15) is 4.39 Å². The number of aromatic nitrogens is 2. The standard InChI is InChI=1S/C32H49FN2/c1-3-5-7-8-9-10-11-12-14-27-19-22-29(23-20-27)30-25-34-31(35-32(30)33)24-21-28-17-15-26(16-18-28)13-6-4-2/h19-20,22-23,25-26,28H,3-18,21,24H2,1-2H3/t26-,28-. The largest absolute Gasteiger partial charge is 0.241 e. The lowest BCUT2D eigenvalue weighted by Crippen LogP contribution is -2.15. The predicted octanol–water partition coefficient (Wildman–Crippen LogP) is 9.90. The van der Waals surface area contributed by atoms with Crippen LogP contribution in [0.1, 0.15) is 128 Å². The lowest BCUT2D eigenvalue weighted by Gasteiger charge is -2.28. The third-order valence-corrected chi connectivity index (χ3v) is 8.08. The fourth-order valence-electron chi connectivity index (χ4n) is 5.66. The van der Waals surface area contributed by atoms with Crippen molar-refractivity contribution >= 4 is 0 Å². The summed E-state index contributed by atoms with van der Waals surface area (Å²) in [4.78, 5) is 8.75. The Labute approximate surface area is 214 Å². The van der Waals surface area contributed by atoms with Crippen molar-refractivity contribution in [1.82, 2.24) is 9.97 Å². The first kappa shape index (κ1) is 27.8. The first-order chi connectivity index (χ1) is 17.2. The van der Waals surface area contributed by atoms with Gasteiger partial charge in [-0.05, 0) is 42.2 Å². The molecule has 0 bridgehead atoms. The maximum Gasteiger partial charge on any atom is 0.224 e. The zero-order valence-corrected chi connectivity index (χ0v) is 22.5. The molecule has 0 amide bonds. The SMILES string of the molecule is CCCCCCCCCCc1ccc(-c2cnc(CC[C@H]3CC[C@H](CCCC)CC3)nc2F)cc1. The highest BCUT2D eigenvalue weighted by Gasteiger charge is 2.21. The van der Waals surface area contributed by atoms with Crippen LogP contribution >= 0.6 is 0 Å². The van der Waals surface area contributed by atoms with E-state index in [0.717, 1.165) is 36.7 Å². The van der Waals surface area contributed by atoms with Crippen LogP contribution in [0.15, 0.2) is 30.5 Å². The highest BCUT2D eigenvalue weighted by molar-refractivity contribution is 5.62. The van der Waals surface area contributed by atoms with Crippen molar-refractivity contribution in [1.29, 1.82) is 0 Å². The van der Waals surface area contributed by atoms with Gasteiger partial charge in [0.2, 0.25) is 5.95 Å². The number of hydrogen-bond donors (Lipinski definition) is 0. The molecule has 1 aliphatic carbocycles.